The Hall–Kier alpha value is -2.22. The first-order chi connectivity index (χ1) is 9.50. The van der Waals surface area contributed by atoms with E-state index in [1.54, 1.807) is 30.2 Å². The van der Waals surface area contributed by atoms with Gasteiger partial charge in [-0.05, 0) is 13.3 Å². The van der Waals surface area contributed by atoms with Gasteiger partial charge < -0.3 is 16.2 Å². The van der Waals surface area contributed by atoms with Gasteiger partial charge in [-0.3, -0.25) is 4.57 Å². The summed E-state index contributed by atoms with van der Waals surface area (Å²) in [5, 5.41) is 13.1. The van der Waals surface area contributed by atoms with E-state index in [1.807, 2.05) is 6.92 Å². The van der Waals surface area contributed by atoms with Crippen LogP contribution in [-0.4, -0.2) is 41.8 Å². The zero-order valence-corrected chi connectivity index (χ0v) is 11.6. The lowest BCUT2D eigenvalue weighted by Gasteiger charge is -2.22. The molecule has 8 nitrogen and oxygen atoms in total. The fraction of sp³-hybridized carbons (Fsp3) is 0.500. The molecule has 2 heterocycles. The van der Waals surface area contributed by atoms with Crippen molar-refractivity contribution in [2.75, 3.05) is 17.6 Å². The average Bonchev–Trinajstić information content (AvgIpc) is 2.90. The van der Waals surface area contributed by atoms with Gasteiger partial charge in [0.05, 0.1) is 5.60 Å². The summed E-state index contributed by atoms with van der Waals surface area (Å²) >= 11 is 0. The predicted molar refractivity (Wildman–Crippen MR) is 75.4 cm³/mol. The zero-order valence-electron chi connectivity index (χ0n) is 11.6. The second kappa shape index (κ2) is 5.83. The molecular formula is C12H19N7O. The van der Waals surface area contributed by atoms with Crippen molar-refractivity contribution in [1.29, 1.82) is 0 Å². The molecular weight excluding hydrogens is 258 g/mol. The molecule has 0 aromatic carbocycles. The van der Waals surface area contributed by atoms with Crippen LogP contribution >= 0.6 is 0 Å². The number of anilines is 2. The molecule has 108 valence electrons. The van der Waals surface area contributed by atoms with Crippen molar-refractivity contribution >= 4 is 11.9 Å². The maximum Gasteiger partial charge on any atom is 0.241 e. The molecule has 2 aromatic rings. The Labute approximate surface area is 117 Å². The molecule has 0 saturated heterocycles. The van der Waals surface area contributed by atoms with Crippen LogP contribution in [0.3, 0.4) is 0 Å². The van der Waals surface area contributed by atoms with Gasteiger partial charge in [0.2, 0.25) is 17.8 Å². The normalized spacial score (nSPS) is 13.9. The topological polar surface area (TPSA) is 115 Å². The lowest BCUT2D eigenvalue weighted by molar-refractivity contribution is 0.0635. The Morgan fingerprint density at radius 2 is 2.20 bits per heavy atom. The molecule has 2 rings (SSSR count). The molecule has 1 atom stereocenters. The summed E-state index contributed by atoms with van der Waals surface area (Å²) in [6.45, 7) is 4.13. The molecule has 0 aliphatic heterocycles. The smallest absolute Gasteiger partial charge is 0.241 e. The van der Waals surface area contributed by atoms with Gasteiger partial charge in [-0.2, -0.15) is 15.0 Å². The number of imidazole rings is 1. The standard InChI is InChI=1S/C12H19N7O/c1-3-4-12(2,20)7-15-10-16-9(13)17-11(18-10)19-6-5-14-8-19/h5-6,8,20H,3-4,7H2,1-2H3,(H3,13,15,16,17,18). The molecule has 2 aromatic heterocycles. The summed E-state index contributed by atoms with van der Waals surface area (Å²) in [5.74, 6) is 0.826. The number of aromatic nitrogens is 5. The number of rotatable bonds is 6. The van der Waals surface area contributed by atoms with Gasteiger partial charge in [-0.15, -0.1) is 0 Å². The van der Waals surface area contributed by atoms with Crippen molar-refractivity contribution in [2.24, 2.45) is 0 Å². The number of nitrogens with zero attached hydrogens (tertiary/aromatic N) is 5. The highest BCUT2D eigenvalue weighted by Gasteiger charge is 2.19. The van der Waals surface area contributed by atoms with Gasteiger partial charge in [0, 0.05) is 18.9 Å². The molecule has 0 radical (unpaired) electrons. The lowest BCUT2D eigenvalue weighted by Crippen LogP contribution is -2.33. The van der Waals surface area contributed by atoms with Crippen molar-refractivity contribution in [3.8, 4) is 5.95 Å². The van der Waals surface area contributed by atoms with Crippen molar-refractivity contribution in [3.05, 3.63) is 18.7 Å². The number of hydrogen-bond acceptors (Lipinski definition) is 7. The zero-order chi connectivity index (χ0) is 14.6. The number of nitrogen functional groups attached to an aromatic ring is 1. The van der Waals surface area contributed by atoms with E-state index in [0.29, 0.717) is 24.9 Å². The quantitative estimate of drug-likeness (QED) is 0.708. The van der Waals surface area contributed by atoms with Crippen LogP contribution in [-0.2, 0) is 0 Å². The highest BCUT2D eigenvalue weighted by molar-refractivity contribution is 5.35. The molecule has 0 bridgehead atoms. The maximum atomic E-state index is 10.1. The van der Waals surface area contributed by atoms with Gasteiger partial charge in [0.15, 0.2) is 0 Å². The van der Waals surface area contributed by atoms with E-state index in [1.165, 1.54) is 0 Å². The minimum absolute atomic E-state index is 0.112. The fourth-order valence-corrected chi connectivity index (χ4v) is 1.85. The van der Waals surface area contributed by atoms with Crippen molar-refractivity contribution in [3.63, 3.8) is 0 Å². The molecule has 0 saturated carbocycles. The summed E-state index contributed by atoms with van der Waals surface area (Å²) in [6, 6.07) is 0. The molecule has 20 heavy (non-hydrogen) atoms. The first kappa shape index (κ1) is 14.2. The van der Waals surface area contributed by atoms with Crippen molar-refractivity contribution in [1.82, 2.24) is 24.5 Å². The molecule has 1 unspecified atom stereocenters. The minimum Gasteiger partial charge on any atom is -0.388 e. The van der Waals surface area contributed by atoms with Gasteiger partial charge in [-0.1, -0.05) is 13.3 Å². The molecule has 4 N–H and O–H groups in total. The van der Waals surface area contributed by atoms with Gasteiger partial charge >= 0.3 is 0 Å². The van der Waals surface area contributed by atoms with E-state index in [2.05, 4.69) is 25.3 Å². The summed E-state index contributed by atoms with van der Waals surface area (Å²) in [5.41, 5.74) is 4.85. The number of nitrogens with one attached hydrogen (secondary N) is 1. The Bertz CT molecular complexity index is 553. The van der Waals surface area contributed by atoms with Gasteiger partial charge in [0.25, 0.3) is 0 Å². The van der Waals surface area contributed by atoms with Crippen LogP contribution < -0.4 is 11.1 Å². The second-order valence-electron chi connectivity index (χ2n) is 4.89. The van der Waals surface area contributed by atoms with Gasteiger partial charge in [-0.25, -0.2) is 4.98 Å². The van der Waals surface area contributed by atoms with Crippen LogP contribution in [0.25, 0.3) is 5.95 Å². The summed E-state index contributed by atoms with van der Waals surface area (Å²) < 4.78 is 1.63. The van der Waals surface area contributed by atoms with Crippen LogP contribution in [0.1, 0.15) is 26.7 Å². The van der Waals surface area contributed by atoms with Crippen LogP contribution in [0, 0.1) is 0 Å². The lowest BCUT2D eigenvalue weighted by atomic mass is 10.0. The average molecular weight is 277 g/mol. The second-order valence-corrected chi connectivity index (χ2v) is 4.89. The highest BCUT2D eigenvalue weighted by Crippen LogP contribution is 2.13. The van der Waals surface area contributed by atoms with Crippen LogP contribution in [0.5, 0.6) is 0 Å². The molecule has 0 aliphatic rings. The minimum atomic E-state index is -0.814. The van der Waals surface area contributed by atoms with Gasteiger partial charge in [0.1, 0.15) is 6.33 Å². The largest absolute Gasteiger partial charge is 0.388 e. The van der Waals surface area contributed by atoms with E-state index in [-0.39, 0.29) is 5.95 Å². The first-order valence-corrected chi connectivity index (χ1v) is 6.46. The van der Waals surface area contributed by atoms with E-state index in [9.17, 15) is 5.11 Å². The van der Waals surface area contributed by atoms with E-state index >= 15 is 0 Å². The third-order valence-corrected chi connectivity index (χ3v) is 2.79. The Balaban J connectivity index is 2.13. The number of nitrogens with two attached hydrogens (primary N) is 1. The molecule has 0 spiro atoms. The maximum absolute atomic E-state index is 10.1. The first-order valence-electron chi connectivity index (χ1n) is 6.46. The SMILES string of the molecule is CCCC(C)(O)CNc1nc(N)nc(-n2ccnc2)n1. The summed E-state index contributed by atoms with van der Waals surface area (Å²) in [7, 11) is 0. The Morgan fingerprint density at radius 1 is 1.40 bits per heavy atom. The molecule has 0 fully saturated rings. The van der Waals surface area contributed by atoms with Crippen molar-refractivity contribution < 1.29 is 5.11 Å². The third-order valence-electron chi connectivity index (χ3n) is 2.79. The number of aliphatic hydroxyl groups is 1. The van der Waals surface area contributed by atoms with Crippen LogP contribution in [0.15, 0.2) is 18.7 Å². The molecule has 0 aliphatic carbocycles. The third kappa shape index (κ3) is 3.64. The Morgan fingerprint density at radius 3 is 2.85 bits per heavy atom. The van der Waals surface area contributed by atoms with Crippen molar-refractivity contribution in [2.45, 2.75) is 32.3 Å². The molecule has 0 amide bonds. The fourth-order valence-electron chi connectivity index (χ4n) is 1.85. The number of hydrogen-bond donors (Lipinski definition) is 3. The van der Waals surface area contributed by atoms with E-state index in [4.69, 9.17) is 5.73 Å². The van der Waals surface area contributed by atoms with E-state index in [0.717, 1.165) is 6.42 Å². The van der Waals surface area contributed by atoms with Crippen LogP contribution in [0.4, 0.5) is 11.9 Å². The van der Waals surface area contributed by atoms with E-state index < -0.39 is 5.60 Å². The predicted octanol–water partition coefficient (Wildman–Crippen LogP) is 0.602. The highest BCUT2D eigenvalue weighted by atomic mass is 16.3. The monoisotopic (exact) mass is 277 g/mol. The molecule has 8 heteroatoms. The Kier molecular flexibility index (Phi) is 4.14. The van der Waals surface area contributed by atoms with Crippen LogP contribution in [0.2, 0.25) is 0 Å². The summed E-state index contributed by atoms with van der Waals surface area (Å²) in [4.78, 5) is 16.2. The summed E-state index contributed by atoms with van der Waals surface area (Å²) in [6.07, 6.45) is 6.50.